The molecule has 1 aromatic rings. The molecule has 3 aliphatic heterocycles. The summed E-state index contributed by atoms with van der Waals surface area (Å²) in [4.78, 5) is 2.38. The van der Waals surface area contributed by atoms with Crippen molar-refractivity contribution in [2.45, 2.75) is 24.7 Å². The second kappa shape index (κ2) is 4.91. The Kier molecular flexibility index (Phi) is 3.06. The third kappa shape index (κ3) is 3.06. The minimum atomic E-state index is 0.367. The summed E-state index contributed by atoms with van der Waals surface area (Å²) < 4.78 is 16.1. The minimum Gasteiger partial charge on any atom is -0.399 e. The van der Waals surface area contributed by atoms with Crippen LogP contribution in [-0.4, -0.2) is 51.2 Å². The average Bonchev–Trinajstić information content (AvgIpc) is 3.21. The lowest BCUT2D eigenvalue weighted by molar-refractivity contribution is 0.388. The number of nitrogens with two attached hydrogens (primary N) is 1. The van der Waals surface area contributed by atoms with E-state index in [1.807, 2.05) is 6.07 Å². The Balaban J connectivity index is 1.57. The first-order valence-electron chi connectivity index (χ1n) is 7.26. The number of hydrogen-bond donors (Lipinski definition) is 1. The van der Waals surface area contributed by atoms with Crippen molar-refractivity contribution in [1.29, 1.82) is 0 Å². The van der Waals surface area contributed by atoms with Gasteiger partial charge in [-0.2, -0.15) is 0 Å². The summed E-state index contributed by atoms with van der Waals surface area (Å²) in [6.07, 6.45) is 2.05. The first-order chi connectivity index (χ1) is 9.78. The molecule has 0 bridgehead atoms. The molecule has 0 amide bonds. The average molecular weight is 276 g/mol. The van der Waals surface area contributed by atoms with Crippen molar-refractivity contribution in [2.75, 3.05) is 43.5 Å². The van der Waals surface area contributed by atoms with Gasteiger partial charge in [0.15, 0.2) is 0 Å². The van der Waals surface area contributed by atoms with Crippen LogP contribution in [0.4, 0.5) is 11.4 Å². The van der Waals surface area contributed by atoms with E-state index in [1.54, 1.807) is 0 Å². The highest BCUT2D eigenvalue weighted by atomic mass is 16.6. The molecule has 0 aromatic heterocycles. The van der Waals surface area contributed by atoms with Crippen molar-refractivity contribution < 1.29 is 14.2 Å². The minimum absolute atomic E-state index is 0.367. The van der Waals surface area contributed by atoms with Crippen LogP contribution in [-0.2, 0) is 20.6 Å². The zero-order valence-electron chi connectivity index (χ0n) is 11.5. The van der Waals surface area contributed by atoms with E-state index in [2.05, 4.69) is 17.0 Å². The number of benzene rings is 1. The largest absolute Gasteiger partial charge is 0.399 e. The Morgan fingerprint density at radius 3 is 2.15 bits per heavy atom. The van der Waals surface area contributed by atoms with Gasteiger partial charge < -0.3 is 24.8 Å². The highest BCUT2D eigenvalue weighted by Crippen LogP contribution is 2.30. The van der Waals surface area contributed by atoms with Crippen molar-refractivity contribution in [3.05, 3.63) is 23.8 Å². The van der Waals surface area contributed by atoms with Gasteiger partial charge in [0.2, 0.25) is 0 Å². The van der Waals surface area contributed by atoms with Gasteiger partial charge in [-0.1, -0.05) is 0 Å². The molecule has 108 valence electrons. The van der Waals surface area contributed by atoms with Crippen LogP contribution < -0.4 is 10.6 Å². The molecule has 3 unspecified atom stereocenters. The second-order valence-corrected chi connectivity index (χ2v) is 5.86. The summed E-state index contributed by atoms with van der Waals surface area (Å²) in [6, 6.07) is 6.17. The molecular weight excluding hydrogens is 256 g/mol. The van der Waals surface area contributed by atoms with E-state index in [4.69, 9.17) is 19.9 Å². The number of epoxide rings is 3. The monoisotopic (exact) mass is 276 g/mol. The van der Waals surface area contributed by atoms with E-state index in [0.29, 0.717) is 18.3 Å². The normalized spacial score (nSPS) is 30.1. The summed E-state index contributed by atoms with van der Waals surface area (Å²) >= 11 is 0. The third-order valence-electron chi connectivity index (χ3n) is 3.95. The van der Waals surface area contributed by atoms with E-state index in [-0.39, 0.29) is 0 Å². The molecule has 3 aliphatic rings. The molecule has 3 atom stereocenters. The van der Waals surface area contributed by atoms with E-state index in [9.17, 15) is 0 Å². The lowest BCUT2D eigenvalue weighted by Gasteiger charge is -2.26. The first kappa shape index (κ1) is 12.4. The molecule has 5 heteroatoms. The van der Waals surface area contributed by atoms with Gasteiger partial charge in [0.1, 0.15) is 0 Å². The second-order valence-electron chi connectivity index (χ2n) is 5.86. The van der Waals surface area contributed by atoms with E-state index in [0.717, 1.165) is 45.0 Å². The number of anilines is 2. The highest BCUT2D eigenvalue weighted by molar-refractivity contribution is 5.60. The van der Waals surface area contributed by atoms with Gasteiger partial charge >= 0.3 is 0 Å². The molecule has 3 fully saturated rings. The SMILES string of the molecule is Nc1ccc(N(CC2CO2)CC2CO2)c(CC2CO2)c1. The maximum atomic E-state index is 5.94. The van der Waals surface area contributed by atoms with Gasteiger partial charge in [0, 0.05) is 30.9 Å². The Morgan fingerprint density at radius 2 is 1.60 bits per heavy atom. The fourth-order valence-electron chi connectivity index (χ4n) is 2.62. The molecule has 3 saturated heterocycles. The van der Waals surface area contributed by atoms with Gasteiger partial charge in [-0.15, -0.1) is 0 Å². The van der Waals surface area contributed by atoms with Crippen LogP contribution in [0.25, 0.3) is 0 Å². The van der Waals surface area contributed by atoms with Crippen molar-refractivity contribution in [2.24, 2.45) is 0 Å². The molecule has 20 heavy (non-hydrogen) atoms. The number of nitrogen functional groups attached to an aromatic ring is 1. The molecule has 0 saturated carbocycles. The standard InChI is InChI=1S/C15H20N2O3/c16-11-1-2-15(10(3-11)4-12-7-18-12)17(5-13-8-19-13)6-14-9-20-14/h1-3,12-14H,4-9,16H2. The maximum absolute atomic E-state index is 5.94. The predicted molar refractivity (Wildman–Crippen MR) is 76.0 cm³/mol. The summed E-state index contributed by atoms with van der Waals surface area (Å²) in [5, 5.41) is 0. The Hall–Kier alpha value is -1.30. The Bertz CT molecular complexity index is 482. The van der Waals surface area contributed by atoms with Crippen LogP contribution in [0, 0.1) is 0 Å². The molecule has 4 rings (SSSR count). The van der Waals surface area contributed by atoms with Crippen LogP contribution in [0.5, 0.6) is 0 Å². The fraction of sp³-hybridized carbons (Fsp3) is 0.600. The fourth-order valence-corrected chi connectivity index (χ4v) is 2.62. The van der Waals surface area contributed by atoms with E-state index >= 15 is 0 Å². The number of rotatable bonds is 7. The molecule has 2 N–H and O–H groups in total. The summed E-state index contributed by atoms with van der Waals surface area (Å²) in [7, 11) is 0. The van der Waals surface area contributed by atoms with Crippen LogP contribution in [0.2, 0.25) is 0 Å². The van der Waals surface area contributed by atoms with Crippen LogP contribution in [0.1, 0.15) is 5.56 Å². The van der Waals surface area contributed by atoms with E-state index < -0.39 is 0 Å². The number of nitrogens with zero attached hydrogens (tertiary/aromatic N) is 1. The van der Waals surface area contributed by atoms with Gasteiger partial charge in [-0.3, -0.25) is 0 Å². The molecule has 0 spiro atoms. The summed E-state index contributed by atoms with van der Waals surface area (Å²) in [5.41, 5.74) is 9.28. The summed E-state index contributed by atoms with van der Waals surface area (Å²) in [5.74, 6) is 0. The lowest BCUT2D eigenvalue weighted by atomic mass is 10.1. The lowest BCUT2D eigenvalue weighted by Crippen LogP contribution is -2.32. The summed E-state index contributed by atoms with van der Waals surface area (Å²) in [6.45, 7) is 4.48. The zero-order valence-corrected chi connectivity index (χ0v) is 11.5. The Morgan fingerprint density at radius 1 is 1.00 bits per heavy atom. The topological polar surface area (TPSA) is 66.8 Å². The number of hydrogen-bond acceptors (Lipinski definition) is 5. The highest BCUT2D eigenvalue weighted by Gasteiger charge is 2.32. The smallest absolute Gasteiger partial charge is 0.0984 e. The van der Waals surface area contributed by atoms with E-state index in [1.165, 1.54) is 11.3 Å². The maximum Gasteiger partial charge on any atom is 0.0984 e. The predicted octanol–water partition coefficient (Wildman–Crippen LogP) is 0.814. The van der Waals surface area contributed by atoms with Crippen LogP contribution in [0.15, 0.2) is 18.2 Å². The van der Waals surface area contributed by atoms with Gasteiger partial charge in [0.05, 0.1) is 38.1 Å². The van der Waals surface area contributed by atoms with Crippen molar-refractivity contribution >= 4 is 11.4 Å². The first-order valence-corrected chi connectivity index (χ1v) is 7.26. The quantitative estimate of drug-likeness (QED) is 0.590. The van der Waals surface area contributed by atoms with Crippen LogP contribution >= 0.6 is 0 Å². The van der Waals surface area contributed by atoms with Gasteiger partial charge in [-0.25, -0.2) is 0 Å². The van der Waals surface area contributed by atoms with Crippen molar-refractivity contribution in [1.82, 2.24) is 0 Å². The molecule has 5 nitrogen and oxygen atoms in total. The van der Waals surface area contributed by atoms with Crippen LogP contribution in [0.3, 0.4) is 0 Å². The molecule has 1 aromatic carbocycles. The van der Waals surface area contributed by atoms with Crippen molar-refractivity contribution in [3.8, 4) is 0 Å². The van der Waals surface area contributed by atoms with Gasteiger partial charge in [0.25, 0.3) is 0 Å². The van der Waals surface area contributed by atoms with Gasteiger partial charge in [-0.05, 0) is 23.8 Å². The molecule has 0 radical (unpaired) electrons. The Labute approximate surface area is 118 Å². The zero-order chi connectivity index (χ0) is 13.5. The third-order valence-corrected chi connectivity index (χ3v) is 3.95. The number of ether oxygens (including phenoxy) is 3. The molecule has 0 aliphatic carbocycles. The molecular formula is C15H20N2O3. The van der Waals surface area contributed by atoms with Crippen molar-refractivity contribution in [3.63, 3.8) is 0 Å². The molecule has 3 heterocycles.